The van der Waals surface area contributed by atoms with E-state index in [1.165, 1.54) is 12.1 Å². The maximum Gasteiger partial charge on any atom is 0.306 e. The molecule has 0 aromatic heterocycles. The van der Waals surface area contributed by atoms with Gasteiger partial charge in [-0.25, -0.2) is 0 Å². The molecule has 78 valence electrons. The zero-order chi connectivity index (χ0) is 11.4. The summed E-state index contributed by atoms with van der Waals surface area (Å²) in [5, 5.41) is 19.0. The molecule has 0 amide bonds. The number of hydrogen-bond acceptors (Lipinski definition) is 4. The van der Waals surface area contributed by atoms with Crippen LogP contribution >= 0.6 is 0 Å². The van der Waals surface area contributed by atoms with Crippen LogP contribution in [-0.2, 0) is 0 Å². The summed E-state index contributed by atoms with van der Waals surface area (Å²) in [7, 11) is 0. The lowest BCUT2D eigenvalue weighted by Crippen LogP contribution is -2.00. The van der Waals surface area contributed by atoms with Crippen LogP contribution in [0.15, 0.2) is 12.1 Å². The number of benzene rings is 1. The van der Waals surface area contributed by atoms with Crippen molar-refractivity contribution in [3.8, 4) is 11.8 Å². The van der Waals surface area contributed by atoms with E-state index in [1.807, 2.05) is 0 Å². The van der Waals surface area contributed by atoms with Gasteiger partial charge in [0.15, 0.2) is 0 Å². The van der Waals surface area contributed by atoms with E-state index in [4.69, 9.17) is 10.00 Å². The fourth-order valence-electron chi connectivity index (χ4n) is 1.07. The van der Waals surface area contributed by atoms with Gasteiger partial charge in [-0.15, -0.1) is 0 Å². The molecule has 0 spiro atoms. The van der Waals surface area contributed by atoms with Gasteiger partial charge in [0.2, 0.25) is 5.82 Å². The molecule has 6 heteroatoms. The number of nitrogens with zero attached hydrogens (tertiary/aromatic N) is 2. The number of halogens is 1. The molecule has 0 fully saturated rings. The number of nitriles is 1. The lowest BCUT2D eigenvalue weighted by Gasteiger charge is -2.05. The molecule has 5 nitrogen and oxygen atoms in total. The smallest absolute Gasteiger partial charge is 0.306 e. The van der Waals surface area contributed by atoms with Crippen molar-refractivity contribution in [2.45, 2.75) is 6.92 Å². The Hall–Kier alpha value is -2.16. The van der Waals surface area contributed by atoms with Crippen molar-refractivity contribution in [2.75, 3.05) is 6.61 Å². The molecule has 0 unspecified atom stereocenters. The topological polar surface area (TPSA) is 76.2 Å². The Morgan fingerprint density at radius 2 is 2.33 bits per heavy atom. The Morgan fingerprint density at radius 3 is 2.80 bits per heavy atom. The fraction of sp³-hybridized carbons (Fsp3) is 0.222. The molecule has 0 N–H and O–H groups in total. The van der Waals surface area contributed by atoms with E-state index in [9.17, 15) is 14.5 Å². The van der Waals surface area contributed by atoms with Crippen molar-refractivity contribution in [1.82, 2.24) is 0 Å². The molecule has 0 bridgehead atoms. The first-order valence-electron chi connectivity index (χ1n) is 4.11. The Labute approximate surface area is 84.9 Å². The predicted octanol–water partition coefficient (Wildman–Crippen LogP) is 2.00. The predicted molar refractivity (Wildman–Crippen MR) is 48.9 cm³/mol. The van der Waals surface area contributed by atoms with Gasteiger partial charge < -0.3 is 4.74 Å². The molecule has 1 aromatic rings. The summed E-state index contributed by atoms with van der Waals surface area (Å²) >= 11 is 0. The van der Waals surface area contributed by atoms with Crippen molar-refractivity contribution in [3.63, 3.8) is 0 Å². The van der Waals surface area contributed by atoms with Gasteiger partial charge in [0.05, 0.1) is 11.5 Å². The first-order valence-corrected chi connectivity index (χ1v) is 4.11. The number of ether oxygens (including phenoxy) is 1. The summed E-state index contributed by atoms with van der Waals surface area (Å²) in [5.74, 6) is -1.14. The Morgan fingerprint density at radius 1 is 1.67 bits per heavy atom. The third-order valence-corrected chi connectivity index (χ3v) is 1.69. The van der Waals surface area contributed by atoms with Gasteiger partial charge in [-0.1, -0.05) is 0 Å². The van der Waals surface area contributed by atoms with E-state index < -0.39 is 22.0 Å². The molecule has 0 saturated carbocycles. The zero-order valence-electron chi connectivity index (χ0n) is 7.86. The first-order chi connectivity index (χ1) is 7.11. The second-order valence-corrected chi connectivity index (χ2v) is 2.57. The highest BCUT2D eigenvalue weighted by Gasteiger charge is 2.21. The number of rotatable bonds is 3. The van der Waals surface area contributed by atoms with E-state index in [2.05, 4.69) is 0 Å². The third-order valence-electron chi connectivity index (χ3n) is 1.69. The van der Waals surface area contributed by atoms with Crippen LogP contribution in [0.5, 0.6) is 5.75 Å². The van der Waals surface area contributed by atoms with E-state index in [0.29, 0.717) is 0 Å². The van der Waals surface area contributed by atoms with Crippen LogP contribution in [-0.4, -0.2) is 11.5 Å². The fourth-order valence-corrected chi connectivity index (χ4v) is 1.07. The number of nitro groups is 1. The summed E-state index contributed by atoms with van der Waals surface area (Å²) in [6.07, 6.45) is 0. The van der Waals surface area contributed by atoms with Crippen LogP contribution in [0.4, 0.5) is 10.1 Å². The van der Waals surface area contributed by atoms with E-state index >= 15 is 0 Å². The normalized spacial score (nSPS) is 9.40. The van der Waals surface area contributed by atoms with Crippen molar-refractivity contribution in [2.24, 2.45) is 0 Å². The first kappa shape index (κ1) is 10.9. The highest BCUT2D eigenvalue weighted by molar-refractivity contribution is 5.51. The quantitative estimate of drug-likeness (QED) is 0.564. The Bertz CT molecular complexity index is 440. The van der Waals surface area contributed by atoms with Gasteiger partial charge in [-0.2, -0.15) is 9.65 Å². The molecule has 0 radical (unpaired) electrons. The van der Waals surface area contributed by atoms with Gasteiger partial charge in [0.25, 0.3) is 0 Å². The molecule has 0 atom stereocenters. The van der Waals surface area contributed by atoms with Crippen LogP contribution in [0.1, 0.15) is 12.5 Å². The monoisotopic (exact) mass is 210 g/mol. The van der Waals surface area contributed by atoms with Crippen LogP contribution in [0.25, 0.3) is 0 Å². The third kappa shape index (κ3) is 2.02. The molecule has 15 heavy (non-hydrogen) atoms. The second kappa shape index (κ2) is 4.37. The van der Waals surface area contributed by atoms with E-state index in [-0.39, 0.29) is 12.4 Å². The largest absolute Gasteiger partial charge is 0.492 e. The van der Waals surface area contributed by atoms with Gasteiger partial charge in [-0.3, -0.25) is 10.1 Å². The highest BCUT2D eigenvalue weighted by atomic mass is 19.1. The molecule has 1 aromatic carbocycles. The summed E-state index contributed by atoms with van der Waals surface area (Å²) in [6.45, 7) is 1.92. The standard InChI is InChI=1S/C9H7FN2O3/c1-2-15-8-4-3-7(12(13)14)9(10)6(8)5-11/h3-4H,2H2,1H3. The van der Waals surface area contributed by atoms with Crippen molar-refractivity contribution < 1.29 is 14.1 Å². The van der Waals surface area contributed by atoms with Gasteiger partial charge in [0.1, 0.15) is 17.4 Å². The Kier molecular flexibility index (Phi) is 3.18. The summed E-state index contributed by atoms with van der Waals surface area (Å²) < 4.78 is 18.3. The number of nitro benzene ring substituents is 1. The summed E-state index contributed by atoms with van der Waals surface area (Å²) in [4.78, 5) is 9.49. The number of hydrogen-bond donors (Lipinski definition) is 0. The maximum absolute atomic E-state index is 13.4. The van der Waals surface area contributed by atoms with Crippen LogP contribution in [0.2, 0.25) is 0 Å². The minimum Gasteiger partial charge on any atom is -0.492 e. The lowest BCUT2D eigenvalue weighted by molar-refractivity contribution is -0.387. The van der Waals surface area contributed by atoms with E-state index in [1.54, 1.807) is 6.92 Å². The molecule has 0 aliphatic carbocycles. The van der Waals surface area contributed by atoms with Crippen LogP contribution < -0.4 is 4.74 Å². The minimum atomic E-state index is -1.16. The van der Waals surface area contributed by atoms with Crippen molar-refractivity contribution in [1.29, 1.82) is 5.26 Å². The molecule has 0 aliphatic heterocycles. The van der Waals surface area contributed by atoms with Gasteiger partial charge in [-0.05, 0) is 13.0 Å². The van der Waals surface area contributed by atoms with Crippen LogP contribution in [0, 0.1) is 27.3 Å². The highest BCUT2D eigenvalue weighted by Crippen LogP contribution is 2.28. The lowest BCUT2D eigenvalue weighted by atomic mass is 10.2. The molecule has 0 heterocycles. The van der Waals surface area contributed by atoms with Gasteiger partial charge >= 0.3 is 5.69 Å². The zero-order valence-corrected chi connectivity index (χ0v) is 7.86. The SMILES string of the molecule is CCOc1ccc([N+](=O)[O-])c(F)c1C#N. The van der Waals surface area contributed by atoms with E-state index in [0.717, 1.165) is 6.07 Å². The van der Waals surface area contributed by atoms with Crippen LogP contribution in [0.3, 0.4) is 0 Å². The molecule has 0 aliphatic rings. The second-order valence-electron chi connectivity index (χ2n) is 2.57. The molecule has 1 rings (SSSR count). The average molecular weight is 210 g/mol. The summed E-state index contributed by atoms with van der Waals surface area (Å²) in [6, 6.07) is 3.72. The summed E-state index contributed by atoms with van der Waals surface area (Å²) in [5.41, 5.74) is -1.17. The molecular weight excluding hydrogens is 203 g/mol. The minimum absolute atomic E-state index is 0.0168. The van der Waals surface area contributed by atoms with Gasteiger partial charge in [0, 0.05) is 6.07 Å². The van der Waals surface area contributed by atoms with Crippen molar-refractivity contribution >= 4 is 5.69 Å². The molecular formula is C9H7FN2O3. The van der Waals surface area contributed by atoms with Crippen molar-refractivity contribution in [3.05, 3.63) is 33.6 Å². The Balaban J connectivity index is 3.34. The molecule has 0 saturated heterocycles. The maximum atomic E-state index is 13.4. The average Bonchev–Trinajstić information content (AvgIpc) is 2.18.